The molecule has 2 aliphatic rings. The largest absolute Gasteiger partial charge is 0.503 e. The summed E-state index contributed by atoms with van der Waals surface area (Å²) in [6, 6.07) is 10.3. The Kier molecular flexibility index (Phi) is 8.67. The van der Waals surface area contributed by atoms with Crippen molar-refractivity contribution in [1.82, 2.24) is 10.3 Å². The van der Waals surface area contributed by atoms with Gasteiger partial charge in [0.1, 0.15) is 24.0 Å². The van der Waals surface area contributed by atoms with Crippen molar-refractivity contribution in [2.24, 2.45) is 11.8 Å². The molecule has 1 saturated heterocycles. The van der Waals surface area contributed by atoms with E-state index in [-0.39, 0.29) is 29.2 Å². The number of methoxy groups -OCH3 is 1. The monoisotopic (exact) mass is 496 g/mol. The Hall–Kier alpha value is -3.29. The molecule has 2 fully saturated rings. The molecule has 1 aromatic heterocycles. The van der Waals surface area contributed by atoms with Gasteiger partial charge in [-0.3, -0.25) is 4.79 Å². The standard InChI is InChI=1S/C28H36N2O6/c1-18-26(36-21-12-4-3-5-13-21)20(17-19-9-6-7-10-19)11-8-14-22(28(33)35-18)30-27(32)24-25(31)23(34-2)15-16-29-24/h3-5,12-13,15-16,18-20,22,26,31H,6-11,14,17H2,1-2H3,(H,30,32). The van der Waals surface area contributed by atoms with Crippen LogP contribution in [0, 0.1) is 11.8 Å². The van der Waals surface area contributed by atoms with Crippen molar-refractivity contribution in [3.8, 4) is 17.2 Å². The third-order valence-electron chi connectivity index (χ3n) is 7.34. The lowest BCUT2D eigenvalue weighted by Gasteiger charge is -2.33. The van der Waals surface area contributed by atoms with Crippen LogP contribution in [0.15, 0.2) is 42.6 Å². The van der Waals surface area contributed by atoms with Crippen molar-refractivity contribution in [1.29, 1.82) is 0 Å². The summed E-state index contributed by atoms with van der Waals surface area (Å²) >= 11 is 0. The van der Waals surface area contributed by atoms with E-state index in [1.165, 1.54) is 45.1 Å². The number of aromatic hydroxyl groups is 1. The first-order valence-corrected chi connectivity index (χ1v) is 12.9. The maximum Gasteiger partial charge on any atom is 0.329 e. The Morgan fingerprint density at radius 2 is 1.86 bits per heavy atom. The molecule has 194 valence electrons. The Labute approximate surface area is 212 Å². The second-order valence-corrected chi connectivity index (χ2v) is 9.85. The summed E-state index contributed by atoms with van der Waals surface area (Å²) in [6.07, 6.45) is 8.67. The molecule has 1 aliphatic carbocycles. The van der Waals surface area contributed by atoms with Gasteiger partial charge in [0.05, 0.1) is 7.11 Å². The summed E-state index contributed by atoms with van der Waals surface area (Å²) in [5, 5.41) is 13.0. The number of nitrogens with one attached hydrogen (secondary N) is 1. The molecule has 0 bridgehead atoms. The first-order chi connectivity index (χ1) is 17.5. The zero-order valence-corrected chi connectivity index (χ0v) is 21.0. The minimum absolute atomic E-state index is 0.136. The number of nitrogens with zero attached hydrogens (tertiary/aromatic N) is 1. The number of rotatable bonds is 7. The van der Waals surface area contributed by atoms with Crippen molar-refractivity contribution >= 4 is 11.9 Å². The highest BCUT2D eigenvalue weighted by Gasteiger charge is 2.37. The number of esters is 1. The summed E-state index contributed by atoms with van der Waals surface area (Å²) in [6.45, 7) is 1.87. The highest BCUT2D eigenvalue weighted by Crippen LogP contribution is 2.36. The van der Waals surface area contributed by atoms with Crippen LogP contribution >= 0.6 is 0 Å². The number of benzene rings is 1. The number of ether oxygens (including phenoxy) is 3. The highest BCUT2D eigenvalue weighted by molar-refractivity contribution is 5.97. The predicted octanol–water partition coefficient (Wildman–Crippen LogP) is 4.65. The Morgan fingerprint density at radius 1 is 1.11 bits per heavy atom. The van der Waals surface area contributed by atoms with Gasteiger partial charge in [-0.05, 0) is 50.2 Å². The molecule has 0 radical (unpaired) electrons. The van der Waals surface area contributed by atoms with Gasteiger partial charge in [0.2, 0.25) is 0 Å². The Bertz CT molecular complexity index is 1020. The minimum atomic E-state index is -0.852. The minimum Gasteiger partial charge on any atom is -0.503 e. The average molecular weight is 497 g/mol. The van der Waals surface area contributed by atoms with E-state index in [0.717, 1.165) is 25.0 Å². The van der Waals surface area contributed by atoms with E-state index in [0.29, 0.717) is 12.3 Å². The van der Waals surface area contributed by atoms with Gasteiger partial charge in [0.25, 0.3) is 5.91 Å². The molecule has 8 nitrogen and oxygen atoms in total. The summed E-state index contributed by atoms with van der Waals surface area (Å²) in [5.41, 5.74) is -0.195. The zero-order chi connectivity index (χ0) is 25.5. The molecule has 0 spiro atoms. The van der Waals surface area contributed by atoms with Gasteiger partial charge in [-0.25, -0.2) is 9.78 Å². The third kappa shape index (κ3) is 6.28. The van der Waals surface area contributed by atoms with Crippen molar-refractivity contribution < 1.29 is 28.9 Å². The van der Waals surface area contributed by atoms with E-state index in [9.17, 15) is 14.7 Å². The molecule has 2 N–H and O–H groups in total. The maximum atomic E-state index is 13.2. The molecule has 2 aromatic rings. The highest BCUT2D eigenvalue weighted by atomic mass is 16.6. The molecule has 4 rings (SSSR count). The van der Waals surface area contributed by atoms with Crippen molar-refractivity contribution in [2.75, 3.05) is 7.11 Å². The quantitative estimate of drug-likeness (QED) is 0.537. The van der Waals surface area contributed by atoms with Gasteiger partial charge < -0.3 is 24.6 Å². The molecular formula is C28H36N2O6. The van der Waals surface area contributed by atoms with Crippen LogP contribution in [0.3, 0.4) is 0 Å². The Balaban J connectivity index is 1.51. The van der Waals surface area contributed by atoms with Crippen molar-refractivity contribution in [3.63, 3.8) is 0 Å². The fraction of sp³-hybridized carbons (Fsp3) is 0.536. The number of carbonyl (C=O) groups excluding carboxylic acids is 2. The van der Waals surface area contributed by atoms with Crippen LogP contribution in [-0.4, -0.2) is 47.3 Å². The van der Waals surface area contributed by atoms with Crippen LogP contribution in [0.5, 0.6) is 17.2 Å². The smallest absolute Gasteiger partial charge is 0.329 e. The van der Waals surface area contributed by atoms with Crippen molar-refractivity contribution in [2.45, 2.75) is 76.5 Å². The molecular weight excluding hydrogens is 460 g/mol. The number of amides is 1. The third-order valence-corrected chi connectivity index (χ3v) is 7.34. The number of cyclic esters (lactones) is 1. The Morgan fingerprint density at radius 3 is 2.58 bits per heavy atom. The second kappa shape index (κ2) is 12.1. The maximum absolute atomic E-state index is 13.2. The number of aromatic nitrogens is 1. The van der Waals surface area contributed by atoms with Gasteiger partial charge in [-0.15, -0.1) is 0 Å². The fourth-order valence-electron chi connectivity index (χ4n) is 5.48. The van der Waals surface area contributed by atoms with E-state index in [1.54, 1.807) is 0 Å². The van der Waals surface area contributed by atoms with E-state index < -0.39 is 24.0 Å². The van der Waals surface area contributed by atoms with Gasteiger partial charge in [-0.2, -0.15) is 0 Å². The molecule has 4 unspecified atom stereocenters. The van der Waals surface area contributed by atoms with Crippen LogP contribution in [0.2, 0.25) is 0 Å². The molecule has 1 amide bonds. The molecule has 1 aromatic carbocycles. The number of hydrogen-bond donors (Lipinski definition) is 2. The van der Waals surface area contributed by atoms with Gasteiger partial charge in [0, 0.05) is 12.3 Å². The van der Waals surface area contributed by atoms with Crippen LogP contribution in [-0.2, 0) is 9.53 Å². The number of hydrogen-bond acceptors (Lipinski definition) is 7. The summed E-state index contributed by atoms with van der Waals surface area (Å²) in [7, 11) is 1.39. The van der Waals surface area contributed by atoms with Crippen molar-refractivity contribution in [3.05, 3.63) is 48.3 Å². The number of pyridine rings is 1. The lowest BCUT2D eigenvalue weighted by Crippen LogP contribution is -2.45. The van der Waals surface area contributed by atoms with Crippen LogP contribution in [0.25, 0.3) is 0 Å². The molecule has 2 heterocycles. The number of carbonyl (C=O) groups is 2. The molecule has 36 heavy (non-hydrogen) atoms. The van der Waals surface area contributed by atoms with Gasteiger partial charge >= 0.3 is 5.97 Å². The first-order valence-electron chi connectivity index (χ1n) is 12.9. The second-order valence-electron chi connectivity index (χ2n) is 9.85. The lowest BCUT2D eigenvalue weighted by molar-refractivity contribution is -0.156. The van der Waals surface area contributed by atoms with Crippen LogP contribution < -0.4 is 14.8 Å². The van der Waals surface area contributed by atoms with E-state index in [2.05, 4.69) is 10.3 Å². The summed E-state index contributed by atoms with van der Waals surface area (Å²) in [5.74, 6) is 0.256. The molecule has 4 atom stereocenters. The normalized spacial score (nSPS) is 25.2. The van der Waals surface area contributed by atoms with E-state index >= 15 is 0 Å². The molecule has 8 heteroatoms. The SMILES string of the molecule is COc1ccnc(C(=O)NC2CCCC(CC3CCCC3)C(Oc3ccccc3)C(C)OC2=O)c1O. The number of para-hydroxylation sites is 1. The average Bonchev–Trinajstić information content (AvgIpc) is 3.40. The molecule has 1 saturated carbocycles. The fourth-order valence-corrected chi connectivity index (χ4v) is 5.48. The lowest BCUT2D eigenvalue weighted by atomic mass is 9.83. The van der Waals surface area contributed by atoms with Crippen LogP contribution in [0.4, 0.5) is 0 Å². The topological polar surface area (TPSA) is 107 Å². The zero-order valence-electron chi connectivity index (χ0n) is 21.0. The van der Waals surface area contributed by atoms with E-state index in [1.807, 2.05) is 37.3 Å². The summed E-state index contributed by atoms with van der Waals surface area (Å²) in [4.78, 5) is 30.0. The molecule has 1 aliphatic heterocycles. The first kappa shape index (κ1) is 25.8. The van der Waals surface area contributed by atoms with Gasteiger partial charge in [-0.1, -0.05) is 50.3 Å². The summed E-state index contributed by atoms with van der Waals surface area (Å²) < 4.78 is 17.4. The van der Waals surface area contributed by atoms with Crippen LogP contribution in [0.1, 0.15) is 68.8 Å². The van der Waals surface area contributed by atoms with Gasteiger partial charge in [0.15, 0.2) is 17.2 Å². The predicted molar refractivity (Wildman–Crippen MR) is 134 cm³/mol. The van der Waals surface area contributed by atoms with E-state index in [4.69, 9.17) is 14.2 Å².